The minimum Gasteiger partial charge on any atom is -0.491 e. The molecule has 0 unspecified atom stereocenters. The molecule has 0 aliphatic carbocycles. The summed E-state index contributed by atoms with van der Waals surface area (Å²) < 4.78 is 24.0. The summed E-state index contributed by atoms with van der Waals surface area (Å²) in [5, 5.41) is 16.1. The Balaban J connectivity index is 1.11. The number of benzene rings is 2. The van der Waals surface area contributed by atoms with Crippen molar-refractivity contribution < 1.29 is 28.5 Å². The smallest absolute Gasteiger partial charge is 0.407 e. The van der Waals surface area contributed by atoms with E-state index >= 15 is 0 Å². The summed E-state index contributed by atoms with van der Waals surface area (Å²) in [5.41, 5.74) is 3.96. The molecule has 4 aromatic rings. The second-order valence-corrected chi connectivity index (χ2v) is 14.3. The van der Waals surface area contributed by atoms with Gasteiger partial charge in [0.1, 0.15) is 34.8 Å². The van der Waals surface area contributed by atoms with E-state index in [-0.39, 0.29) is 12.3 Å². The molecule has 2 aromatic carbocycles. The normalized spacial score (nSPS) is 13.9. The standard InChI is InChI=1S/C36H43ClN6O6S/c1-22-23(2)50-34-31(22)32(25-7-9-26(37)10-8-25)40-29(33-42-41-24(3)43(33)34)21-30(44)39-27-11-13-28(14-12-27)48-20-19-47-18-17-46-16-15-38-35(45)49-36(4,5)6/h7-14,29H,15-21H2,1-6H3,(H,38,45)(H,39,44)/t29-/m0/s1. The SMILES string of the molecule is Cc1sc2c(c1C)C(c1ccc(Cl)cc1)=N[C@@H](CC(=O)Nc1ccc(OCCOCCOCCNC(=O)OC(C)(C)C)cc1)c1nnc(C)n1-2. The van der Waals surface area contributed by atoms with Gasteiger partial charge < -0.3 is 29.6 Å². The molecule has 50 heavy (non-hydrogen) atoms. The average Bonchev–Trinajstić information content (AvgIpc) is 3.54. The zero-order chi connectivity index (χ0) is 35.8. The average molecular weight is 723 g/mol. The summed E-state index contributed by atoms with van der Waals surface area (Å²) in [7, 11) is 0. The fourth-order valence-corrected chi connectivity index (χ4v) is 6.57. The molecule has 2 amide bonds. The Kier molecular flexibility index (Phi) is 12.3. The number of amides is 2. The number of aromatic nitrogens is 3. The fourth-order valence-electron chi connectivity index (χ4n) is 5.23. The van der Waals surface area contributed by atoms with Crippen LogP contribution in [0.3, 0.4) is 0 Å². The van der Waals surface area contributed by atoms with Crippen molar-refractivity contribution >= 4 is 46.3 Å². The largest absolute Gasteiger partial charge is 0.491 e. The number of alkyl carbamates (subject to hydrolysis) is 1. The molecule has 0 radical (unpaired) electrons. The molecule has 0 fully saturated rings. The van der Waals surface area contributed by atoms with Gasteiger partial charge in [-0.25, -0.2) is 4.79 Å². The summed E-state index contributed by atoms with van der Waals surface area (Å²) in [6.45, 7) is 13.8. The number of fused-ring (bicyclic) bond motifs is 3. The number of aliphatic imine (C=N–C) groups is 1. The summed E-state index contributed by atoms with van der Waals surface area (Å²) >= 11 is 7.88. The first-order valence-electron chi connectivity index (χ1n) is 16.4. The zero-order valence-corrected chi connectivity index (χ0v) is 30.7. The highest BCUT2D eigenvalue weighted by Crippen LogP contribution is 2.39. The van der Waals surface area contributed by atoms with Gasteiger partial charge in [0.25, 0.3) is 0 Å². The van der Waals surface area contributed by atoms with Gasteiger partial charge >= 0.3 is 6.09 Å². The van der Waals surface area contributed by atoms with Crippen LogP contribution in [0.25, 0.3) is 5.00 Å². The predicted molar refractivity (Wildman–Crippen MR) is 194 cm³/mol. The van der Waals surface area contributed by atoms with Crippen molar-refractivity contribution in [3.05, 3.63) is 86.8 Å². The lowest BCUT2D eigenvalue weighted by Crippen LogP contribution is -2.34. The first kappa shape index (κ1) is 37.0. The number of carbonyl (C=O) groups excluding carboxylic acids is 2. The van der Waals surface area contributed by atoms with Crippen molar-refractivity contribution in [2.75, 3.05) is 44.9 Å². The molecule has 2 aromatic heterocycles. The van der Waals surface area contributed by atoms with Crippen LogP contribution in [0, 0.1) is 20.8 Å². The predicted octanol–water partition coefficient (Wildman–Crippen LogP) is 6.77. The lowest BCUT2D eigenvalue weighted by molar-refractivity contribution is -0.116. The molecule has 1 aliphatic rings. The van der Waals surface area contributed by atoms with Gasteiger partial charge in [-0.2, -0.15) is 0 Å². The number of rotatable bonds is 14. The Morgan fingerprint density at radius 3 is 2.30 bits per heavy atom. The van der Waals surface area contributed by atoms with Gasteiger partial charge in [-0.05, 0) is 83.5 Å². The van der Waals surface area contributed by atoms with E-state index in [9.17, 15) is 9.59 Å². The van der Waals surface area contributed by atoms with Crippen molar-refractivity contribution in [2.24, 2.45) is 4.99 Å². The van der Waals surface area contributed by atoms with Crippen LogP contribution < -0.4 is 15.4 Å². The Morgan fingerprint density at radius 2 is 1.60 bits per heavy atom. The number of carbonyl (C=O) groups is 2. The van der Waals surface area contributed by atoms with Crippen molar-refractivity contribution in [2.45, 2.75) is 59.6 Å². The number of halogens is 1. The maximum absolute atomic E-state index is 13.4. The third kappa shape index (κ3) is 9.69. The molecule has 14 heteroatoms. The highest BCUT2D eigenvalue weighted by molar-refractivity contribution is 7.15. The molecular weight excluding hydrogens is 680 g/mol. The number of hydrogen-bond acceptors (Lipinski definition) is 10. The molecule has 0 saturated heterocycles. The monoisotopic (exact) mass is 722 g/mol. The van der Waals surface area contributed by atoms with E-state index in [0.29, 0.717) is 61.9 Å². The molecule has 266 valence electrons. The molecule has 3 heterocycles. The molecule has 0 saturated carbocycles. The molecule has 0 spiro atoms. The van der Waals surface area contributed by atoms with Gasteiger partial charge in [0, 0.05) is 33.3 Å². The van der Waals surface area contributed by atoms with Gasteiger partial charge in [0.15, 0.2) is 5.82 Å². The molecular formula is C36H43ClN6O6S. The first-order chi connectivity index (χ1) is 23.9. The number of thiophene rings is 1. The Hall–Kier alpha value is -4.30. The van der Waals surface area contributed by atoms with Crippen LogP contribution in [0.1, 0.15) is 66.5 Å². The Labute approximate surface area is 301 Å². The fraction of sp³-hybridized carbons (Fsp3) is 0.417. The third-order valence-corrected chi connectivity index (χ3v) is 9.10. The van der Waals surface area contributed by atoms with Crippen molar-refractivity contribution in [1.29, 1.82) is 0 Å². The quantitative estimate of drug-likeness (QED) is 0.136. The highest BCUT2D eigenvalue weighted by Gasteiger charge is 2.32. The van der Waals surface area contributed by atoms with Crippen LogP contribution in [0.2, 0.25) is 5.02 Å². The first-order valence-corrected chi connectivity index (χ1v) is 17.6. The van der Waals surface area contributed by atoms with Gasteiger partial charge in [-0.1, -0.05) is 23.7 Å². The molecule has 1 atom stereocenters. The Morgan fingerprint density at radius 1 is 0.920 bits per heavy atom. The maximum Gasteiger partial charge on any atom is 0.407 e. The second-order valence-electron chi connectivity index (χ2n) is 12.7. The number of hydrogen-bond donors (Lipinski definition) is 2. The molecule has 0 bridgehead atoms. The highest BCUT2D eigenvalue weighted by atomic mass is 35.5. The minimum atomic E-state index is -0.567. The third-order valence-electron chi connectivity index (χ3n) is 7.66. The van der Waals surface area contributed by atoms with Gasteiger partial charge in [0.05, 0.1) is 38.6 Å². The van der Waals surface area contributed by atoms with Crippen LogP contribution in [0.4, 0.5) is 10.5 Å². The van der Waals surface area contributed by atoms with Crippen molar-refractivity contribution in [1.82, 2.24) is 20.1 Å². The van der Waals surface area contributed by atoms with Gasteiger partial charge in [-0.15, -0.1) is 21.5 Å². The Bertz CT molecular complexity index is 1810. The van der Waals surface area contributed by atoms with E-state index in [4.69, 9.17) is 35.5 Å². The lowest BCUT2D eigenvalue weighted by atomic mass is 9.99. The number of anilines is 1. The zero-order valence-electron chi connectivity index (χ0n) is 29.2. The van der Waals surface area contributed by atoms with Crippen LogP contribution in [-0.2, 0) is 19.0 Å². The topological polar surface area (TPSA) is 138 Å². The van der Waals surface area contributed by atoms with E-state index in [1.165, 1.54) is 4.88 Å². The van der Waals surface area contributed by atoms with E-state index < -0.39 is 17.7 Å². The van der Waals surface area contributed by atoms with E-state index in [1.54, 1.807) is 35.6 Å². The van der Waals surface area contributed by atoms with Crippen LogP contribution in [0.15, 0.2) is 53.5 Å². The number of ether oxygens (including phenoxy) is 4. The summed E-state index contributed by atoms with van der Waals surface area (Å²) in [5.74, 6) is 1.80. The van der Waals surface area contributed by atoms with E-state index in [0.717, 1.165) is 33.2 Å². The summed E-state index contributed by atoms with van der Waals surface area (Å²) in [6, 6.07) is 14.2. The van der Waals surface area contributed by atoms with Gasteiger partial charge in [0.2, 0.25) is 5.91 Å². The van der Waals surface area contributed by atoms with Crippen LogP contribution in [0.5, 0.6) is 5.75 Å². The lowest BCUT2D eigenvalue weighted by Gasteiger charge is -2.19. The van der Waals surface area contributed by atoms with Gasteiger partial charge in [-0.3, -0.25) is 14.4 Å². The van der Waals surface area contributed by atoms with E-state index in [1.807, 2.05) is 56.5 Å². The molecule has 12 nitrogen and oxygen atoms in total. The van der Waals surface area contributed by atoms with Crippen molar-refractivity contribution in [3.8, 4) is 10.8 Å². The number of aryl methyl sites for hydroxylation is 2. The van der Waals surface area contributed by atoms with Crippen LogP contribution in [-0.4, -0.2) is 77.7 Å². The second kappa shape index (κ2) is 16.6. The molecule has 5 rings (SSSR count). The van der Waals surface area contributed by atoms with E-state index in [2.05, 4.69) is 34.7 Å². The summed E-state index contributed by atoms with van der Waals surface area (Å²) in [6.07, 6.45) is -0.398. The molecule has 1 aliphatic heterocycles. The maximum atomic E-state index is 13.4. The van der Waals surface area contributed by atoms with Crippen molar-refractivity contribution in [3.63, 3.8) is 0 Å². The molecule has 2 N–H and O–H groups in total. The van der Waals surface area contributed by atoms with Crippen LogP contribution >= 0.6 is 22.9 Å². The summed E-state index contributed by atoms with van der Waals surface area (Å²) in [4.78, 5) is 31.4. The number of nitrogens with zero attached hydrogens (tertiary/aromatic N) is 4. The minimum absolute atomic E-state index is 0.0712. The number of nitrogens with one attached hydrogen (secondary N) is 2.